The van der Waals surface area contributed by atoms with E-state index >= 15 is 0 Å². The van der Waals surface area contributed by atoms with Crippen molar-refractivity contribution in [1.29, 1.82) is 0 Å². The van der Waals surface area contributed by atoms with E-state index in [0.717, 1.165) is 73.8 Å². The van der Waals surface area contributed by atoms with Gasteiger partial charge in [0.25, 0.3) is 5.91 Å². The molecule has 2 heterocycles. The predicted molar refractivity (Wildman–Crippen MR) is 134 cm³/mol. The SMILES string of the molecule is O=C(Nc1ccc(OCCN2CCOCC2)c2ccccc12)c1cccc(N2CCOCC2)c1. The summed E-state index contributed by atoms with van der Waals surface area (Å²) in [6, 6.07) is 19.7. The van der Waals surface area contributed by atoms with E-state index in [1.54, 1.807) is 0 Å². The van der Waals surface area contributed by atoms with Crippen molar-refractivity contribution < 1.29 is 19.0 Å². The Morgan fingerprint density at radius 3 is 2.38 bits per heavy atom. The van der Waals surface area contributed by atoms with Gasteiger partial charge < -0.3 is 24.4 Å². The van der Waals surface area contributed by atoms with Crippen LogP contribution in [0.2, 0.25) is 0 Å². The number of nitrogens with zero attached hydrogens (tertiary/aromatic N) is 2. The van der Waals surface area contributed by atoms with Crippen LogP contribution in [0.3, 0.4) is 0 Å². The molecule has 1 amide bonds. The molecule has 2 fully saturated rings. The van der Waals surface area contributed by atoms with E-state index in [4.69, 9.17) is 14.2 Å². The van der Waals surface area contributed by atoms with Crippen LogP contribution < -0.4 is 15.0 Å². The first-order valence-electron chi connectivity index (χ1n) is 12.0. The molecule has 0 aromatic heterocycles. The number of amides is 1. The van der Waals surface area contributed by atoms with Gasteiger partial charge in [0.2, 0.25) is 0 Å². The number of anilines is 2. The molecule has 7 nitrogen and oxygen atoms in total. The van der Waals surface area contributed by atoms with Gasteiger partial charge >= 0.3 is 0 Å². The summed E-state index contributed by atoms with van der Waals surface area (Å²) in [6.45, 7) is 8.04. The predicted octanol–water partition coefficient (Wildman–Crippen LogP) is 3.64. The maximum atomic E-state index is 13.1. The number of fused-ring (bicyclic) bond motifs is 1. The Labute approximate surface area is 200 Å². The van der Waals surface area contributed by atoms with Crippen LogP contribution in [0.4, 0.5) is 11.4 Å². The number of hydrogen-bond acceptors (Lipinski definition) is 6. The van der Waals surface area contributed by atoms with Crippen LogP contribution in [0.5, 0.6) is 5.75 Å². The number of carbonyl (C=O) groups excluding carboxylic acids is 1. The number of rotatable bonds is 7. The maximum Gasteiger partial charge on any atom is 0.255 e. The topological polar surface area (TPSA) is 63.3 Å². The minimum absolute atomic E-state index is 0.124. The molecule has 2 aliphatic heterocycles. The van der Waals surface area contributed by atoms with Crippen molar-refractivity contribution in [3.05, 3.63) is 66.2 Å². The lowest BCUT2D eigenvalue weighted by Gasteiger charge is -2.29. The van der Waals surface area contributed by atoms with Crippen molar-refractivity contribution in [2.24, 2.45) is 0 Å². The average molecular weight is 462 g/mol. The van der Waals surface area contributed by atoms with Crippen molar-refractivity contribution >= 4 is 28.1 Å². The van der Waals surface area contributed by atoms with Gasteiger partial charge in [-0.3, -0.25) is 9.69 Å². The Bertz CT molecular complexity index is 1120. The van der Waals surface area contributed by atoms with E-state index in [2.05, 4.69) is 15.1 Å². The molecular weight excluding hydrogens is 430 g/mol. The minimum Gasteiger partial charge on any atom is -0.492 e. The summed E-state index contributed by atoms with van der Waals surface area (Å²) in [7, 11) is 0. The fraction of sp³-hybridized carbons (Fsp3) is 0.370. The summed E-state index contributed by atoms with van der Waals surface area (Å²) < 4.78 is 17.0. The highest BCUT2D eigenvalue weighted by molar-refractivity contribution is 6.10. The highest BCUT2D eigenvalue weighted by Crippen LogP contribution is 2.32. The second-order valence-corrected chi connectivity index (χ2v) is 8.56. The van der Waals surface area contributed by atoms with Crippen LogP contribution in [0.1, 0.15) is 10.4 Å². The molecular formula is C27H31N3O4. The second kappa shape index (κ2) is 10.9. The summed E-state index contributed by atoms with van der Waals surface area (Å²) in [5.74, 6) is 0.706. The van der Waals surface area contributed by atoms with Gasteiger partial charge in [0, 0.05) is 60.4 Å². The van der Waals surface area contributed by atoms with Crippen LogP contribution in [0.25, 0.3) is 10.8 Å². The summed E-state index contributed by atoms with van der Waals surface area (Å²) in [4.78, 5) is 17.7. The zero-order valence-electron chi connectivity index (χ0n) is 19.4. The van der Waals surface area contributed by atoms with Gasteiger partial charge in [0.15, 0.2) is 0 Å². The molecule has 5 rings (SSSR count). The molecule has 34 heavy (non-hydrogen) atoms. The quantitative estimate of drug-likeness (QED) is 0.580. The van der Waals surface area contributed by atoms with Crippen LogP contribution >= 0.6 is 0 Å². The highest BCUT2D eigenvalue weighted by atomic mass is 16.5. The van der Waals surface area contributed by atoms with E-state index in [9.17, 15) is 4.79 Å². The number of carbonyl (C=O) groups is 1. The fourth-order valence-electron chi connectivity index (χ4n) is 4.48. The van der Waals surface area contributed by atoms with E-state index in [-0.39, 0.29) is 5.91 Å². The summed E-state index contributed by atoms with van der Waals surface area (Å²) in [6.07, 6.45) is 0. The average Bonchev–Trinajstić information content (AvgIpc) is 2.91. The van der Waals surface area contributed by atoms with Crippen LogP contribution in [0, 0.1) is 0 Å². The monoisotopic (exact) mass is 461 g/mol. The molecule has 0 bridgehead atoms. The molecule has 0 aliphatic carbocycles. The summed E-state index contributed by atoms with van der Waals surface area (Å²) in [5.41, 5.74) is 2.46. The van der Waals surface area contributed by atoms with E-state index < -0.39 is 0 Å². The van der Waals surface area contributed by atoms with Crippen LogP contribution in [0.15, 0.2) is 60.7 Å². The number of benzene rings is 3. The van der Waals surface area contributed by atoms with Gasteiger partial charge in [0.1, 0.15) is 12.4 Å². The number of nitrogens with one attached hydrogen (secondary N) is 1. The molecule has 0 atom stereocenters. The lowest BCUT2D eigenvalue weighted by Crippen LogP contribution is -2.38. The Morgan fingerprint density at radius 1 is 0.853 bits per heavy atom. The molecule has 1 N–H and O–H groups in total. The van der Waals surface area contributed by atoms with Gasteiger partial charge in [-0.1, -0.05) is 30.3 Å². The van der Waals surface area contributed by atoms with Crippen LogP contribution in [-0.4, -0.2) is 76.6 Å². The van der Waals surface area contributed by atoms with Crippen LogP contribution in [-0.2, 0) is 9.47 Å². The van der Waals surface area contributed by atoms with E-state index in [0.29, 0.717) is 25.4 Å². The van der Waals surface area contributed by atoms with Gasteiger partial charge in [0.05, 0.1) is 26.4 Å². The van der Waals surface area contributed by atoms with Gasteiger partial charge in [-0.25, -0.2) is 0 Å². The Morgan fingerprint density at radius 2 is 1.59 bits per heavy atom. The first-order chi connectivity index (χ1) is 16.8. The van der Waals surface area contributed by atoms with Crippen molar-refractivity contribution in [3.8, 4) is 5.75 Å². The minimum atomic E-state index is -0.124. The third-order valence-corrected chi connectivity index (χ3v) is 6.39. The molecule has 3 aromatic carbocycles. The second-order valence-electron chi connectivity index (χ2n) is 8.56. The van der Waals surface area contributed by atoms with Gasteiger partial charge in [-0.05, 0) is 30.3 Å². The molecule has 2 aliphatic rings. The number of hydrogen-bond donors (Lipinski definition) is 1. The van der Waals surface area contributed by atoms with Crippen molar-refractivity contribution in [2.75, 3.05) is 76.0 Å². The molecule has 0 radical (unpaired) electrons. The lowest BCUT2D eigenvalue weighted by molar-refractivity contribution is 0.0323. The molecule has 0 spiro atoms. The lowest BCUT2D eigenvalue weighted by atomic mass is 10.1. The first kappa shape index (κ1) is 22.7. The third kappa shape index (κ3) is 5.33. The Balaban J connectivity index is 1.29. The summed E-state index contributed by atoms with van der Waals surface area (Å²) >= 11 is 0. The highest BCUT2D eigenvalue weighted by Gasteiger charge is 2.15. The zero-order valence-corrected chi connectivity index (χ0v) is 19.4. The Hall–Kier alpha value is -3.13. The summed E-state index contributed by atoms with van der Waals surface area (Å²) in [5, 5.41) is 5.06. The molecule has 7 heteroatoms. The molecule has 3 aromatic rings. The molecule has 178 valence electrons. The molecule has 0 saturated carbocycles. The van der Waals surface area contributed by atoms with Gasteiger partial charge in [-0.15, -0.1) is 0 Å². The fourth-order valence-corrected chi connectivity index (χ4v) is 4.48. The zero-order chi connectivity index (χ0) is 23.2. The largest absolute Gasteiger partial charge is 0.492 e. The third-order valence-electron chi connectivity index (χ3n) is 6.39. The molecule has 2 saturated heterocycles. The molecule has 0 unspecified atom stereocenters. The van der Waals surface area contributed by atoms with E-state index in [1.807, 2.05) is 60.7 Å². The number of morpholine rings is 2. The van der Waals surface area contributed by atoms with Crippen molar-refractivity contribution in [2.45, 2.75) is 0 Å². The maximum absolute atomic E-state index is 13.1. The number of ether oxygens (including phenoxy) is 3. The van der Waals surface area contributed by atoms with E-state index in [1.165, 1.54) is 0 Å². The van der Waals surface area contributed by atoms with Gasteiger partial charge in [-0.2, -0.15) is 0 Å². The normalized spacial score (nSPS) is 17.0. The van der Waals surface area contributed by atoms with Crippen molar-refractivity contribution in [1.82, 2.24) is 4.90 Å². The van der Waals surface area contributed by atoms with Crippen molar-refractivity contribution in [3.63, 3.8) is 0 Å². The standard InChI is InChI=1S/C27H31N3O4/c31-27(21-4-3-5-22(20-21)30-13-17-33-18-14-30)28-25-8-9-26(24-7-2-1-6-23(24)25)34-19-12-29-10-15-32-16-11-29/h1-9,20H,10-19H2,(H,28,31). The Kier molecular flexibility index (Phi) is 7.24. The first-order valence-corrected chi connectivity index (χ1v) is 12.0. The smallest absolute Gasteiger partial charge is 0.255 e.